The fourth-order valence-electron chi connectivity index (χ4n) is 4.02. The van der Waals surface area contributed by atoms with Gasteiger partial charge in [-0.2, -0.15) is 0 Å². The van der Waals surface area contributed by atoms with Crippen molar-refractivity contribution in [3.8, 4) is 0 Å². The molecule has 2 N–H and O–H groups in total. The third kappa shape index (κ3) is 7.77. The summed E-state index contributed by atoms with van der Waals surface area (Å²) in [5, 5.41) is 6.68. The highest BCUT2D eigenvalue weighted by Crippen LogP contribution is 2.16. The Morgan fingerprint density at radius 2 is 1.69 bits per heavy atom. The SMILES string of the molecule is CCNC(=NCC(=O)N1CCN(c2ccccc2)CC1)NCC(C)(C)N1CCOCC1.I. The van der Waals surface area contributed by atoms with Crippen molar-refractivity contribution in [2.24, 2.45) is 4.99 Å². The van der Waals surface area contributed by atoms with Gasteiger partial charge in [0.25, 0.3) is 0 Å². The second-order valence-electron chi connectivity index (χ2n) is 8.66. The van der Waals surface area contributed by atoms with Gasteiger partial charge in [-0.3, -0.25) is 9.69 Å². The third-order valence-electron chi connectivity index (χ3n) is 6.03. The summed E-state index contributed by atoms with van der Waals surface area (Å²) in [5.74, 6) is 0.775. The van der Waals surface area contributed by atoms with Crippen LogP contribution in [0.4, 0.5) is 5.69 Å². The molecule has 9 heteroatoms. The molecule has 8 nitrogen and oxygen atoms in total. The lowest BCUT2D eigenvalue weighted by Crippen LogP contribution is -2.56. The van der Waals surface area contributed by atoms with Gasteiger partial charge in [0.1, 0.15) is 6.54 Å². The summed E-state index contributed by atoms with van der Waals surface area (Å²) in [4.78, 5) is 24.0. The fraction of sp³-hybridized carbons (Fsp3) is 0.652. The van der Waals surface area contributed by atoms with Crippen LogP contribution in [0.1, 0.15) is 20.8 Å². The van der Waals surface area contributed by atoms with Crippen molar-refractivity contribution < 1.29 is 9.53 Å². The van der Waals surface area contributed by atoms with Gasteiger partial charge in [-0.25, -0.2) is 4.99 Å². The smallest absolute Gasteiger partial charge is 0.244 e. The summed E-state index contributed by atoms with van der Waals surface area (Å²) in [5.41, 5.74) is 1.20. The minimum Gasteiger partial charge on any atom is -0.379 e. The largest absolute Gasteiger partial charge is 0.379 e. The number of morpholine rings is 1. The Morgan fingerprint density at radius 3 is 2.31 bits per heavy atom. The number of nitrogens with zero attached hydrogens (tertiary/aromatic N) is 4. The number of rotatable bonds is 7. The molecule has 0 bridgehead atoms. The van der Waals surface area contributed by atoms with E-state index in [1.54, 1.807) is 0 Å². The predicted molar refractivity (Wildman–Crippen MR) is 141 cm³/mol. The number of benzene rings is 1. The van der Waals surface area contributed by atoms with Crippen molar-refractivity contribution >= 4 is 41.5 Å². The Kier molecular flexibility index (Phi) is 11.0. The monoisotopic (exact) mass is 558 g/mol. The number of amides is 1. The van der Waals surface area contributed by atoms with Crippen LogP contribution in [0.3, 0.4) is 0 Å². The summed E-state index contributed by atoms with van der Waals surface area (Å²) in [6.07, 6.45) is 0. The first-order valence-electron chi connectivity index (χ1n) is 11.4. The zero-order valence-electron chi connectivity index (χ0n) is 19.7. The van der Waals surface area contributed by atoms with Gasteiger partial charge < -0.3 is 25.2 Å². The molecule has 1 amide bonds. The average molecular weight is 559 g/mol. The topological polar surface area (TPSA) is 72.4 Å². The molecule has 2 aliphatic rings. The van der Waals surface area contributed by atoms with E-state index >= 15 is 0 Å². The van der Waals surface area contributed by atoms with Gasteiger partial charge in [-0.15, -0.1) is 24.0 Å². The molecular weight excluding hydrogens is 519 g/mol. The Labute approximate surface area is 209 Å². The van der Waals surface area contributed by atoms with Gasteiger partial charge in [-0.05, 0) is 32.9 Å². The molecule has 32 heavy (non-hydrogen) atoms. The second-order valence-corrected chi connectivity index (χ2v) is 8.66. The summed E-state index contributed by atoms with van der Waals surface area (Å²) in [6, 6.07) is 10.4. The number of carbonyl (C=O) groups is 1. The van der Waals surface area contributed by atoms with Crippen molar-refractivity contribution in [1.29, 1.82) is 0 Å². The minimum absolute atomic E-state index is 0. The Morgan fingerprint density at radius 1 is 1.03 bits per heavy atom. The van der Waals surface area contributed by atoms with Crippen LogP contribution in [0.5, 0.6) is 0 Å². The normalized spacial score (nSPS) is 18.2. The number of hydrogen-bond donors (Lipinski definition) is 2. The number of hydrogen-bond acceptors (Lipinski definition) is 5. The maximum absolute atomic E-state index is 12.7. The fourth-order valence-corrected chi connectivity index (χ4v) is 4.02. The number of ether oxygens (including phenoxy) is 1. The van der Waals surface area contributed by atoms with Crippen LogP contribution < -0.4 is 15.5 Å². The van der Waals surface area contributed by atoms with Gasteiger partial charge in [-0.1, -0.05) is 18.2 Å². The summed E-state index contributed by atoms with van der Waals surface area (Å²) in [7, 11) is 0. The molecule has 2 aliphatic heterocycles. The first kappa shape index (κ1) is 26.7. The van der Waals surface area contributed by atoms with Gasteiger partial charge in [0.2, 0.25) is 5.91 Å². The molecule has 1 aromatic carbocycles. The number of carbonyl (C=O) groups excluding carboxylic acids is 1. The molecule has 0 saturated carbocycles. The van der Waals surface area contributed by atoms with Crippen LogP contribution in [0.15, 0.2) is 35.3 Å². The number of para-hydroxylation sites is 1. The Bertz CT molecular complexity index is 716. The number of guanidine groups is 1. The third-order valence-corrected chi connectivity index (χ3v) is 6.03. The zero-order chi connectivity index (χ0) is 22.1. The average Bonchev–Trinajstić information content (AvgIpc) is 2.82. The minimum atomic E-state index is -0.0161. The van der Waals surface area contributed by atoms with Gasteiger partial charge in [0.15, 0.2) is 5.96 Å². The van der Waals surface area contributed by atoms with Crippen LogP contribution in [-0.2, 0) is 9.53 Å². The summed E-state index contributed by atoms with van der Waals surface area (Å²) >= 11 is 0. The highest BCUT2D eigenvalue weighted by molar-refractivity contribution is 14.0. The van der Waals surface area contributed by atoms with Crippen LogP contribution in [-0.4, -0.2) is 99.3 Å². The molecule has 0 atom stereocenters. The first-order chi connectivity index (χ1) is 15.0. The Hall–Kier alpha value is -1.59. The molecule has 2 fully saturated rings. The predicted octanol–water partition coefficient (Wildman–Crippen LogP) is 1.62. The van der Waals surface area contributed by atoms with Gasteiger partial charge >= 0.3 is 0 Å². The van der Waals surface area contributed by atoms with E-state index < -0.39 is 0 Å². The van der Waals surface area contributed by atoms with Crippen molar-refractivity contribution in [1.82, 2.24) is 20.4 Å². The molecule has 0 unspecified atom stereocenters. The first-order valence-corrected chi connectivity index (χ1v) is 11.4. The van der Waals surface area contributed by atoms with E-state index in [0.29, 0.717) is 5.96 Å². The van der Waals surface area contributed by atoms with E-state index in [1.807, 2.05) is 17.9 Å². The lowest BCUT2D eigenvalue weighted by atomic mass is 10.0. The summed E-state index contributed by atoms with van der Waals surface area (Å²) < 4.78 is 5.47. The molecule has 0 aromatic heterocycles. The van der Waals surface area contributed by atoms with Crippen LogP contribution in [0, 0.1) is 0 Å². The molecule has 0 spiro atoms. The van der Waals surface area contributed by atoms with Gasteiger partial charge in [0, 0.05) is 63.6 Å². The number of halogens is 1. The highest BCUT2D eigenvalue weighted by Gasteiger charge is 2.28. The van der Waals surface area contributed by atoms with Crippen molar-refractivity contribution in [2.45, 2.75) is 26.3 Å². The Balaban J connectivity index is 0.00000363. The van der Waals surface area contributed by atoms with Crippen LogP contribution in [0.2, 0.25) is 0 Å². The number of aliphatic imine (C=N–C) groups is 1. The second kappa shape index (κ2) is 13.2. The maximum Gasteiger partial charge on any atom is 0.244 e. The van der Waals surface area contributed by atoms with E-state index in [4.69, 9.17) is 4.74 Å². The van der Waals surface area contributed by atoms with E-state index in [9.17, 15) is 4.79 Å². The molecule has 3 rings (SSSR count). The number of nitrogens with one attached hydrogen (secondary N) is 2. The highest BCUT2D eigenvalue weighted by atomic mass is 127. The van der Waals surface area contributed by atoms with Crippen LogP contribution in [0.25, 0.3) is 0 Å². The molecule has 2 saturated heterocycles. The quantitative estimate of drug-likeness (QED) is 0.301. The molecule has 2 heterocycles. The lowest BCUT2D eigenvalue weighted by Gasteiger charge is -2.41. The molecule has 180 valence electrons. The van der Waals surface area contributed by atoms with Gasteiger partial charge in [0.05, 0.1) is 13.2 Å². The zero-order valence-corrected chi connectivity index (χ0v) is 22.0. The lowest BCUT2D eigenvalue weighted by molar-refractivity contribution is -0.129. The summed E-state index contributed by atoms with van der Waals surface area (Å²) in [6.45, 7) is 14.8. The molecule has 0 aliphatic carbocycles. The van der Waals surface area contributed by atoms with Crippen molar-refractivity contribution in [2.75, 3.05) is 77.0 Å². The van der Waals surface area contributed by atoms with Crippen LogP contribution >= 0.6 is 24.0 Å². The van der Waals surface area contributed by atoms with Crippen molar-refractivity contribution in [3.63, 3.8) is 0 Å². The number of anilines is 1. The standard InChI is InChI=1S/C23H38N6O2.HI/c1-4-24-22(26-19-23(2,3)29-14-16-31-17-15-29)25-18-21(30)28-12-10-27(11-13-28)20-8-6-5-7-9-20;/h5-9H,4,10-19H2,1-3H3,(H2,24,25,26);1H. The van der Waals surface area contributed by atoms with E-state index in [-0.39, 0.29) is 42.0 Å². The molecule has 0 radical (unpaired) electrons. The van der Waals surface area contributed by atoms with E-state index in [0.717, 1.165) is 65.6 Å². The molecular formula is C23H39IN6O2. The molecule has 1 aromatic rings. The van der Waals surface area contributed by atoms with E-state index in [1.165, 1.54) is 5.69 Å². The number of piperazine rings is 1. The van der Waals surface area contributed by atoms with Crippen molar-refractivity contribution in [3.05, 3.63) is 30.3 Å². The maximum atomic E-state index is 12.7. The van der Waals surface area contributed by atoms with E-state index in [2.05, 4.69) is 63.5 Å².